The molecule has 1 fully saturated rings. The molecule has 3 aromatic rings. The maximum atomic E-state index is 13.4. The van der Waals surface area contributed by atoms with Crippen LogP contribution in [0.3, 0.4) is 0 Å². The number of benzene rings is 2. The van der Waals surface area contributed by atoms with Gasteiger partial charge in [0.2, 0.25) is 5.91 Å². The number of ether oxygens (including phenoxy) is 2. The molecule has 0 radical (unpaired) electrons. The van der Waals surface area contributed by atoms with Crippen molar-refractivity contribution < 1.29 is 27.4 Å². The highest BCUT2D eigenvalue weighted by molar-refractivity contribution is 7.22. The predicted octanol–water partition coefficient (Wildman–Crippen LogP) is 4.72. The Bertz CT molecular complexity index is 1160. The lowest BCUT2D eigenvalue weighted by Gasteiger charge is -2.29. The van der Waals surface area contributed by atoms with Crippen molar-refractivity contribution in [3.8, 4) is 5.75 Å². The van der Waals surface area contributed by atoms with Crippen LogP contribution in [0.15, 0.2) is 36.4 Å². The van der Waals surface area contributed by atoms with E-state index in [1.807, 2.05) is 32.0 Å². The number of halogens is 3. The monoisotopic (exact) mass is 493 g/mol. The number of rotatable bonds is 7. The number of thiazole rings is 1. The fourth-order valence-electron chi connectivity index (χ4n) is 3.90. The summed E-state index contributed by atoms with van der Waals surface area (Å²) >= 11 is 1.18. The molecule has 0 unspecified atom stereocenters. The molecule has 1 amide bonds. The maximum absolute atomic E-state index is 13.4. The highest BCUT2D eigenvalue weighted by Crippen LogP contribution is 2.33. The third kappa shape index (κ3) is 6.25. The molecule has 10 heteroatoms. The number of hydrogen-bond donors (Lipinski definition) is 0. The Morgan fingerprint density at radius 3 is 2.65 bits per heavy atom. The molecule has 1 aromatic heterocycles. The highest BCUT2D eigenvalue weighted by atomic mass is 32.1. The van der Waals surface area contributed by atoms with Gasteiger partial charge in [0.1, 0.15) is 5.75 Å². The highest BCUT2D eigenvalue weighted by Gasteiger charge is 2.31. The van der Waals surface area contributed by atoms with E-state index in [1.165, 1.54) is 29.5 Å². The van der Waals surface area contributed by atoms with Crippen LogP contribution < -0.4 is 9.64 Å². The summed E-state index contributed by atoms with van der Waals surface area (Å²) in [6.07, 6.45) is -4.55. The average Bonchev–Trinajstić information content (AvgIpc) is 3.18. The van der Waals surface area contributed by atoms with E-state index in [0.29, 0.717) is 41.7 Å². The molecule has 34 heavy (non-hydrogen) atoms. The second-order valence-electron chi connectivity index (χ2n) is 8.28. The number of aromatic nitrogens is 1. The fourth-order valence-corrected chi connectivity index (χ4v) is 4.94. The molecule has 0 spiro atoms. The predicted molar refractivity (Wildman–Crippen MR) is 126 cm³/mol. The van der Waals surface area contributed by atoms with Crippen molar-refractivity contribution in [2.75, 3.05) is 44.3 Å². The van der Waals surface area contributed by atoms with E-state index in [-0.39, 0.29) is 18.1 Å². The van der Waals surface area contributed by atoms with Crippen LogP contribution in [0.5, 0.6) is 5.75 Å². The van der Waals surface area contributed by atoms with Gasteiger partial charge in [-0.15, -0.1) is 13.2 Å². The minimum absolute atomic E-state index is 0.106. The molecular formula is C24H26F3N3O3S. The number of alkyl halides is 3. The summed E-state index contributed by atoms with van der Waals surface area (Å²) in [4.78, 5) is 21.9. The molecule has 182 valence electrons. The minimum Gasteiger partial charge on any atom is -0.406 e. The largest absolute Gasteiger partial charge is 0.573 e. The van der Waals surface area contributed by atoms with Crippen LogP contribution in [0.2, 0.25) is 0 Å². The van der Waals surface area contributed by atoms with Crippen LogP contribution in [0.25, 0.3) is 10.2 Å². The lowest BCUT2D eigenvalue weighted by molar-refractivity contribution is -0.274. The van der Waals surface area contributed by atoms with Gasteiger partial charge in [0.25, 0.3) is 0 Å². The Morgan fingerprint density at radius 1 is 1.18 bits per heavy atom. The van der Waals surface area contributed by atoms with Crippen LogP contribution in [-0.2, 0) is 16.0 Å². The van der Waals surface area contributed by atoms with Crippen molar-refractivity contribution in [1.29, 1.82) is 0 Å². The molecule has 1 aliphatic rings. The Kier molecular flexibility index (Phi) is 7.39. The topological polar surface area (TPSA) is 54.9 Å². The normalized spacial score (nSPS) is 15.0. The molecule has 6 nitrogen and oxygen atoms in total. The van der Waals surface area contributed by atoms with Gasteiger partial charge in [0.05, 0.1) is 29.9 Å². The summed E-state index contributed by atoms with van der Waals surface area (Å²) in [6.45, 7) is 7.95. The first-order valence-electron chi connectivity index (χ1n) is 11.0. The van der Waals surface area contributed by atoms with Crippen molar-refractivity contribution in [1.82, 2.24) is 9.88 Å². The molecule has 0 N–H and O–H groups in total. The van der Waals surface area contributed by atoms with E-state index in [4.69, 9.17) is 4.74 Å². The van der Waals surface area contributed by atoms with E-state index in [0.717, 1.165) is 29.8 Å². The van der Waals surface area contributed by atoms with E-state index in [2.05, 4.69) is 14.6 Å². The Hall–Kier alpha value is -2.69. The average molecular weight is 494 g/mol. The van der Waals surface area contributed by atoms with E-state index < -0.39 is 6.36 Å². The van der Waals surface area contributed by atoms with Gasteiger partial charge in [-0.05, 0) is 37.1 Å². The second kappa shape index (κ2) is 10.3. The van der Waals surface area contributed by atoms with Crippen LogP contribution >= 0.6 is 11.3 Å². The smallest absolute Gasteiger partial charge is 0.406 e. The molecule has 0 bridgehead atoms. The number of carbonyl (C=O) groups is 1. The molecule has 0 saturated carbocycles. The molecule has 4 rings (SSSR count). The summed E-state index contributed by atoms with van der Waals surface area (Å²) in [7, 11) is 0. The van der Waals surface area contributed by atoms with E-state index >= 15 is 0 Å². The maximum Gasteiger partial charge on any atom is 0.573 e. The molecular weight excluding hydrogens is 467 g/mol. The summed E-state index contributed by atoms with van der Waals surface area (Å²) in [5.74, 6) is -0.414. The Labute approximate surface area is 199 Å². The van der Waals surface area contributed by atoms with Crippen molar-refractivity contribution >= 4 is 32.6 Å². The van der Waals surface area contributed by atoms with Crippen LogP contribution in [0, 0.1) is 13.8 Å². The van der Waals surface area contributed by atoms with Crippen LogP contribution in [0.1, 0.15) is 16.7 Å². The molecule has 2 heterocycles. The summed E-state index contributed by atoms with van der Waals surface area (Å²) in [6, 6.07) is 9.99. The zero-order valence-corrected chi connectivity index (χ0v) is 19.8. The molecule has 0 aliphatic carbocycles. The number of morpholine rings is 1. The van der Waals surface area contributed by atoms with Gasteiger partial charge in [-0.2, -0.15) is 0 Å². The van der Waals surface area contributed by atoms with Gasteiger partial charge in [0.15, 0.2) is 5.13 Å². The van der Waals surface area contributed by atoms with Crippen molar-refractivity contribution in [3.05, 3.63) is 53.1 Å². The van der Waals surface area contributed by atoms with Gasteiger partial charge in [-0.3, -0.25) is 14.6 Å². The van der Waals surface area contributed by atoms with Crippen LogP contribution in [-0.4, -0.2) is 61.5 Å². The summed E-state index contributed by atoms with van der Waals surface area (Å²) in [5, 5.41) is 0.460. The van der Waals surface area contributed by atoms with Gasteiger partial charge in [0, 0.05) is 32.2 Å². The first-order chi connectivity index (χ1) is 16.2. The molecule has 1 aliphatic heterocycles. The lowest BCUT2D eigenvalue weighted by Crippen LogP contribution is -2.43. The summed E-state index contributed by atoms with van der Waals surface area (Å²) in [5.41, 5.74) is 3.62. The quantitative estimate of drug-likeness (QED) is 0.477. The number of nitrogens with zero attached hydrogens (tertiary/aromatic N) is 3. The van der Waals surface area contributed by atoms with Crippen LogP contribution in [0.4, 0.5) is 18.3 Å². The lowest BCUT2D eigenvalue weighted by atomic mass is 10.0. The second-order valence-corrected chi connectivity index (χ2v) is 9.29. The van der Waals surface area contributed by atoms with Gasteiger partial charge >= 0.3 is 6.36 Å². The van der Waals surface area contributed by atoms with Gasteiger partial charge in [-0.1, -0.05) is 35.1 Å². The first kappa shape index (κ1) is 24.4. The standard InChI is InChI=1S/C24H26F3N3O3S/c1-16-3-4-18(17(2)13-16)14-22(31)30(8-7-29-9-11-32-12-10-29)23-28-20-6-5-19(15-21(20)34-23)33-24(25,26)27/h3-6,13,15H,7-12,14H2,1-2H3. The third-order valence-corrected chi connectivity index (χ3v) is 6.74. The zero-order valence-electron chi connectivity index (χ0n) is 19.0. The summed E-state index contributed by atoms with van der Waals surface area (Å²) < 4.78 is 47.8. The SMILES string of the molecule is Cc1ccc(CC(=O)N(CCN2CCOCC2)c2nc3ccc(OC(F)(F)F)cc3s2)c(C)c1. The number of anilines is 1. The number of fused-ring (bicyclic) bond motifs is 1. The first-order valence-corrected chi connectivity index (χ1v) is 11.8. The zero-order chi connectivity index (χ0) is 24.3. The minimum atomic E-state index is -4.77. The van der Waals surface area contributed by atoms with E-state index in [1.54, 1.807) is 4.90 Å². The van der Waals surface area contributed by atoms with Gasteiger partial charge < -0.3 is 9.47 Å². The van der Waals surface area contributed by atoms with Crippen molar-refractivity contribution in [3.63, 3.8) is 0 Å². The number of amides is 1. The van der Waals surface area contributed by atoms with Crippen molar-refractivity contribution in [2.45, 2.75) is 26.6 Å². The number of aryl methyl sites for hydroxylation is 2. The molecule has 0 atom stereocenters. The van der Waals surface area contributed by atoms with E-state index in [9.17, 15) is 18.0 Å². The van der Waals surface area contributed by atoms with Gasteiger partial charge in [-0.25, -0.2) is 4.98 Å². The Balaban J connectivity index is 1.59. The Morgan fingerprint density at radius 2 is 1.94 bits per heavy atom. The van der Waals surface area contributed by atoms with Crippen molar-refractivity contribution in [2.24, 2.45) is 0 Å². The number of carbonyl (C=O) groups excluding carboxylic acids is 1. The third-order valence-electron chi connectivity index (χ3n) is 5.70. The molecule has 1 saturated heterocycles. The molecule has 2 aromatic carbocycles. The number of hydrogen-bond acceptors (Lipinski definition) is 6. The fraction of sp³-hybridized carbons (Fsp3) is 0.417.